The highest BCUT2D eigenvalue weighted by molar-refractivity contribution is 7.14. The van der Waals surface area contributed by atoms with Crippen LogP contribution in [0.5, 0.6) is 5.75 Å². The number of carboxylic acids is 1. The predicted octanol–water partition coefficient (Wildman–Crippen LogP) is 4.94. The molecule has 5 heteroatoms. The lowest BCUT2D eigenvalue weighted by Gasteiger charge is -2.08. The summed E-state index contributed by atoms with van der Waals surface area (Å²) in [4.78, 5) is 12.5. The molecule has 0 spiro atoms. The maximum absolute atomic E-state index is 11.3. The highest BCUT2D eigenvalue weighted by atomic mass is 35.5. The Morgan fingerprint density at radius 1 is 1.38 bits per heavy atom. The van der Waals surface area contributed by atoms with E-state index in [9.17, 15) is 9.90 Å². The Kier molecular flexibility index (Phi) is 5.26. The fourth-order valence-electron chi connectivity index (χ4n) is 1.97. The predicted molar refractivity (Wildman–Crippen MR) is 85.8 cm³/mol. The standard InChI is InChI=1S/C16H17ClO3S/c1-3-4-12-8-14(15(21-12)16(18)19)20-9-11-6-5-10(2)7-13(11)17/h5-8H,3-4,9H2,1-2H3,(H,18,19). The Hall–Kier alpha value is -1.52. The molecule has 0 atom stereocenters. The summed E-state index contributed by atoms with van der Waals surface area (Å²) in [6.45, 7) is 4.30. The van der Waals surface area contributed by atoms with Crippen molar-refractivity contribution in [2.24, 2.45) is 0 Å². The average Bonchev–Trinajstić information content (AvgIpc) is 2.81. The van der Waals surface area contributed by atoms with Crippen LogP contribution < -0.4 is 4.74 Å². The van der Waals surface area contributed by atoms with Gasteiger partial charge in [0.1, 0.15) is 12.4 Å². The monoisotopic (exact) mass is 324 g/mol. The smallest absolute Gasteiger partial charge is 0.349 e. The van der Waals surface area contributed by atoms with Crippen molar-refractivity contribution in [2.75, 3.05) is 0 Å². The lowest BCUT2D eigenvalue weighted by atomic mass is 10.1. The summed E-state index contributed by atoms with van der Waals surface area (Å²) in [5, 5.41) is 9.87. The van der Waals surface area contributed by atoms with Crippen LogP contribution in [0.3, 0.4) is 0 Å². The summed E-state index contributed by atoms with van der Waals surface area (Å²) < 4.78 is 5.68. The number of rotatable bonds is 6. The third kappa shape index (κ3) is 3.99. The van der Waals surface area contributed by atoms with Gasteiger partial charge in [0, 0.05) is 15.5 Å². The topological polar surface area (TPSA) is 46.5 Å². The lowest BCUT2D eigenvalue weighted by molar-refractivity contribution is 0.0697. The van der Waals surface area contributed by atoms with Crippen molar-refractivity contribution in [2.45, 2.75) is 33.3 Å². The van der Waals surface area contributed by atoms with Crippen LogP contribution in [0.25, 0.3) is 0 Å². The summed E-state index contributed by atoms with van der Waals surface area (Å²) in [5.74, 6) is -0.528. The number of aryl methyl sites for hydroxylation is 2. The van der Waals surface area contributed by atoms with Gasteiger partial charge in [-0.05, 0) is 31.0 Å². The van der Waals surface area contributed by atoms with Gasteiger partial charge in [0.2, 0.25) is 0 Å². The van der Waals surface area contributed by atoms with Crippen molar-refractivity contribution in [3.8, 4) is 5.75 Å². The molecule has 0 aliphatic heterocycles. The first kappa shape index (κ1) is 15.9. The first-order valence-corrected chi connectivity index (χ1v) is 7.94. The van der Waals surface area contributed by atoms with E-state index in [2.05, 4.69) is 6.92 Å². The molecule has 0 fully saturated rings. The molecule has 2 aromatic rings. The molecular formula is C16H17ClO3S. The number of benzene rings is 1. The Bertz CT molecular complexity index is 649. The van der Waals surface area contributed by atoms with Gasteiger partial charge in [-0.1, -0.05) is 37.1 Å². The first-order chi connectivity index (χ1) is 10.0. The highest BCUT2D eigenvalue weighted by Gasteiger charge is 2.17. The van der Waals surface area contributed by atoms with Gasteiger partial charge in [0.15, 0.2) is 4.88 Å². The minimum atomic E-state index is -0.952. The van der Waals surface area contributed by atoms with E-state index in [1.54, 1.807) is 0 Å². The van der Waals surface area contributed by atoms with Gasteiger partial charge in [-0.15, -0.1) is 11.3 Å². The second kappa shape index (κ2) is 6.96. The number of aromatic carboxylic acids is 1. The molecule has 1 aromatic heterocycles. The maximum Gasteiger partial charge on any atom is 0.349 e. The molecule has 3 nitrogen and oxygen atoms in total. The SMILES string of the molecule is CCCc1cc(OCc2ccc(C)cc2Cl)c(C(=O)O)s1. The molecule has 1 heterocycles. The zero-order chi connectivity index (χ0) is 15.4. The van der Waals surface area contributed by atoms with Gasteiger partial charge < -0.3 is 9.84 Å². The summed E-state index contributed by atoms with van der Waals surface area (Å²) >= 11 is 7.44. The Morgan fingerprint density at radius 2 is 2.14 bits per heavy atom. The van der Waals surface area contributed by atoms with Crippen LogP contribution in [-0.2, 0) is 13.0 Å². The Morgan fingerprint density at radius 3 is 2.76 bits per heavy atom. The summed E-state index contributed by atoms with van der Waals surface area (Å²) in [7, 11) is 0. The van der Waals surface area contributed by atoms with Crippen molar-refractivity contribution in [1.29, 1.82) is 0 Å². The van der Waals surface area contributed by atoms with E-state index in [0.717, 1.165) is 28.8 Å². The zero-order valence-electron chi connectivity index (χ0n) is 12.0. The number of thiophene rings is 1. The largest absolute Gasteiger partial charge is 0.487 e. The minimum absolute atomic E-state index is 0.252. The molecule has 0 radical (unpaired) electrons. The van der Waals surface area contributed by atoms with Crippen molar-refractivity contribution in [1.82, 2.24) is 0 Å². The van der Waals surface area contributed by atoms with Gasteiger partial charge in [0.05, 0.1) is 0 Å². The van der Waals surface area contributed by atoms with Crippen LogP contribution in [0.4, 0.5) is 0 Å². The quantitative estimate of drug-likeness (QED) is 0.818. The molecule has 0 amide bonds. The van der Waals surface area contributed by atoms with E-state index in [1.165, 1.54) is 11.3 Å². The molecule has 21 heavy (non-hydrogen) atoms. The van der Waals surface area contributed by atoms with Gasteiger partial charge in [-0.2, -0.15) is 0 Å². The number of hydrogen-bond acceptors (Lipinski definition) is 3. The Balaban J connectivity index is 2.16. The zero-order valence-corrected chi connectivity index (χ0v) is 13.6. The molecule has 0 saturated heterocycles. The third-order valence-corrected chi connectivity index (χ3v) is 4.55. The molecule has 0 saturated carbocycles. The van der Waals surface area contributed by atoms with Crippen LogP contribution >= 0.6 is 22.9 Å². The van der Waals surface area contributed by atoms with E-state index >= 15 is 0 Å². The van der Waals surface area contributed by atoms with Crippen molar-refractivity contribution >= 4 is 28.9 Å². The number of ether oxygens (including phenoxy) is 1. The van der Waals surface area contributed by atoms with Crippen LogP contribution in [0.2, 0.25) is 5.02 Å². The Labute approximate surface area is 133 Å². The van der Waals surface area contributed by atoms with Gasteiger partial charge in [0.25, 0.3) is 0 Å². The second-order valence-electron chi connectivity index (χ2n) is 4.84. The first-order valence-electron chi connectivity index (χ1n) is 6.75. The van der Waals surface area contributed by atoms with Crippen LogP contribution in [0.15, 0.2) is 24.3 Å². The number of hydrogen-bond donors (Lipinski definition) is 1. The molecule has 0 aliphatic rings. The normalized spacial score (nSPS) is 10.6. The van der Waals surface area contributed by atoms with Crippen LogP contribution in [0.1, 0.15) is 39.0 Å². The van der Waals surface area contributed by atoms with E-state index < -0.39 is 5.97 Å². The summed E-state index contributed by atoms with van der Waals surface area (Å²) in [6.07, 6.45) is 1.84. The number of carbonyl (C=O) groups is 1. The van der Waals surface area contributed by atoms with E-state index in [0.29, 0.717) is 10.8 Å². The second-order valence-corrected chi connectivity index (χ2v) is 6.39. The summed E-state index contributed by atoms with van der Waals surface area (Å²) in [6, 6.07) is 7.55. The minimum Gasteiger partial charge on any atom is -0.487 e. The van der Waals surface area contributed by atoms with E-state index in [1.807, 2.05) is 31.2 Å². The summed E-state index contributed by atoms with van der Waals surface area (Å²) in [5.41, 5.74) is 1.93. The van der Waals surface area contributed by atoms with Crippen molar-refractivity contribution < 1.29 is 14.6 Å². The molecule has 1 aromatic carbocycles. The molecule has 0 aliphatic carbocycles. The molecule has 112 valence electrons. The van der Waals surface area contributed by atoms with E-state index in [4.69, 9.17) is 16.3 Å². The fourth-order valence-corrected chi connectivity index (χ4v) is 3.30. The van der Waals surface area contributed by atoms with Gasteiger partial charge in [-0.25, -0.2) is 4.79 Å². The fraction of sp³-hybridized carbons (Fsp3) is 0.312. The van der Waals surface area contributed by atoms with Crippen LogP contribution in [0, 0.1) is 6.92 Å². The maximum atomic E-state index is 11.3. The lowest BCUT2D eigenvalue weighted by Crippen LogP contribution is -2.00. The van der Waals surface area contributed by atoms with Crippen molar-refractivity contribution in [3.05, 3.63) is 50.2 Å². The number of carboxylic acid groups (broad SMARTS) is 1. The molecule has 0 bridgehead atoms. The highest BCUT2D eigenvalue weighted by Crippen LogP contribution is 2.31. The van der Waals surface area contributed by atoms with Gasteiger partial charge >= 0.3 is 5.97 Å². The molecular weight excluding hydrogens is 308 g/mol. The van der Waals surface area contributed by atoms with E-state index in [-0.39, 0.29) is 11.5 Å². The molecule has 0 unspecified atom stereocenters. The van der Waals surface area contributed by atoms with Crippen molar-refractivity contribution in [3.63, 3.8) is 0 Å². The molecule has 1 N–H and O–H groups in total. The molecule has 2 rings (SSSR count). The van der Waals surface area contributed by atoms with Gasteiger partial charge in [-0.3, -0.25) is 0 Å². The van der Waals surface area contributed by atoms with Crippen LogP contribution in [-0.4, -0.2) is 11.1 Å². The third-order valence-electron chi connectivity index (χ3n) is 3.03. The number of halogens is 1. The average molecular weight is 325 g/mol.